The van der Waals surface area contributed by atoms with Gasteiger partial charge in [0.15, 0.2) is 0 Å². The lowest BCUT2D eigenvalue weighted by Crippen LogP contribution is -2.29. The molecule has 0 fully saturated rings. The Bertz CT molecular complexity index is 385. The van der Waals surface area contributed by atoms with Crippen molar-refractivity contribution < 1.29 is 9.18 Å². The average molecular weight is 259 g/mol. The van der Waals surface area contributed by atoms with Crippen LogP contribution in [-0.4, -0.2) is 12.6 Å². The van der Waals surface area contributed by atoms with Gasteiger partial charge in [-0.3, -0.25) is 0 Å². The minimum absolute atomic E-state index is 0.0884. The van der Waals surface area contributed by atoms with Crippen LogP contribution in [-0.2, 0) is 0 Å². The van der Waals surface area contributed by atoms with Gasteiger partial charge in [-0.25, -0.2) is 9.18 Å². The Morgan fingerprint density at radius 3 is 2.88 bits per heavy atom. The van der Waals surface area contributed by atoms with Gasteiger partial charge in [0.25, 0.3) is 0 Å². The molecule has 1 rings (SSSR count). The van der Waals surface area contributed by atoms with E-state index in [1.54, 1.807) is 0 Å². The maximum atomic E-state index is 13.3. The highest BCUT2D eigenvalue weighted by atomic mass is 35.5. The summed E-state index contributed by atoms with van der Waals surface area (Å²) in [6.07, 6.45) is 3.07. The molecule has 0 atom stereocenters. The number of carbonyl (C=O) groups excluding carboxylic acids is 1. The van der Waals surface area contributed by atoms with Crippen LogP contribution in [0.25, 0.3) is 0 Å². The molecule has 3 nitrogen and oxygen atoms in total. The molecular weight excluding hydrogens is 243 g/mol. The summed E-state index contributed by atoms with van der Waals surface area (Å²) in [5, 5.41) is 5.45. The van der Waals surface area contributed by atoms with Gasteiger partial charge in [-0.2, -0.15) is 0 Å². The third kappa shape index (κ3) is 5.04. The number of hydrogen-bond acceptors (Lipinski definition) is 1. The van der Waals surface area contributed by atoms with Crippen LogP contribution in [0.15, 0.2) is 18.2 Å². The lowest BCUT2D eigenvalue weighted by Gasteiger charge is -2.08. The maximum Gasteiger partial charge on any atom is 0.319 e. The molecule has 94 valence electrons. The van der Waals surface area contributed by atoms with Crippen LogP contribution in [0, 0.1) is 5.82 Å². The molecular formula is C12H16ClFN2O. The van der Waals surface area contributed by atoms with E-state index in [1.165, 1.54) is 18.2 Å². The van der Waals surface area contributed by atoms with Crippen LogP contribution < -0.4 is 10.6 Å². The van der Waals surface area contributed by atoms with Crippen molar-refractivity contribution in [2.24, 2.45) is 0 Å². The molecule has 17 heavy (non-hydrogen) atoms. The minimum Gasteiger partial charge on any atom is -0.338 e. The number of amides is 2. The first-order valence-electron chi connectivity index (χ1n) is 5.63. The Kier molecular flexibility index (Phi) is 5.77. The molecule has 0 aliphatic heterocycles. The highest BCUT2D eigenvalue weighted by Crippen LogP contribution is 2.19. The van der Waals surface area contributed by atoms with E-state index in [1.807, 2.05) is 0 Å². The summed E-state index contributed by atoms with van der Waals surface area (Å²) < 4.78 is 13.3. The second-order valence-corrected chi connectivity index (χ2v) is 4.15. The van der Waals surface area contributed by atoms with Crippen molar-refractivity contribution in [1.82, 2.24) is 5.32 Å². The summed E-state index contributed by atoms with van der Waals surface area (Å²) >= 11 is 5.71. The smallest absolute Gasteiger partial charge is 0.319 e. The number of urea groups is 1. The molecule has 0 unspecified atom stereocenters. The van der Waals surface area contributed by atoms with Crippen LogP contribution in [0.4, 0.5) is 14.9 Å². The third-order valence-electron chi connectivity index (χ3n) is 2.24. The van der Waals surface area contributed by atoms with E-state index in [4.69, 9.17) is 11.6 Å². The fourth-order valence-corrected chi connectivity index (χ4v) is 1.51. The van der Waals surface area contributed by atoms with Gasteiger partial charge in [-0.05, 0) is 24.6 Å². The molecule has 0 aliphatic carbocycles. The summed E-state index contributed by atoms with van der Waals surface area (Å²) in [5.74, 6) is -0.502. The standard InChI is InChI=1S/C12H16ClFN2O/c1-2-3-4-7-15-12(17)16-11-8-9(13)5-6-10(11)14/h5-6,8H,2-4,7H2,1H3,(H2,15,16,17). The highest BCUT2D eigenvalue weighted by molar-refractivity contribution is 6.30. The largest absolute Gasteiger partial charge is 0.338 e. The number of carbonyl (C=O) groups is 1. The van der Waals surface area contributed by atoms with Crippen molar-refractivity contribution in [1.29, 1.82) is 0 Å². The van der Waals surface area contributed by atoms with Crippen molar-refractivity contribution in [3.05, 3.63) is 29.0 Å². The van der Waals surface area contributed by atoms with Crippen LogP contribution in [0.1, 0.15) is 26.2 Å². The zero-order chi connectivity index (χ0) is 12.7. The first kappa shape index (κ1) is 13.8. The van der Waals surface area contributed by atoms with Gasteiger partial charge < -0.3 is 10.6 Å². The summed E-state index contributed by atoms with van der Waals surface area (Å²) in [5.41, 5.74) is 0.0884. The minimum atomic E-state index is -0.502. The Labute approximate surface area is 105 Å². The van der Waals surface area contributed by atoms with E-state index in [2.05, 4.69) is 17.6 Å². The van der Waals surface area contributed by atoms with E-state index < -0.39 is 11.8 Å². The summed E-state index contributed by atoms with van der Waals surface area (Å²) in [7, 11) is 0. The van der Waals surface area contributed by atoms with Crippen molar-refractivity contribution in [2.45, 2.75) is 26.2 Å². The number of benzene rings is 1. The molecule has 0 radical (unpaired) electrons. The monoisotopic (exact) mass is 258 g/mol. The first-order valence-corrected chi connectivity index (χ1v) is 6.01. The van der Waals surface area contributed by atoms with Gasteiger partial charge in [0.05, 0.1) is 5.69 Å². The molecule has 0 saturated carbocycles. The molecule has 0 aromatic heterocycles. The Hall–Kier alpha value is -1.29. The van der Waals surface area contributed by atoms with Crippen molar-refractivity contribution in [3.8, 4) is 0 Å². The summed E-state index contributed by atoms with van der Waals surface area (Å²) in [6, 6.07) is 3.61. The molecule has 0 heterocycles. The number of halogens is 2. The Morgan fingerprint density at radius 2 is 2.18 bits per heavy atom. The molecule has 2 N–H and O–H groups in total. The van der Waals surface area contributed by atoms with Crippen LogP contribution >= 0.6 is 11.6 Å². The number of unbranched alkanes of at least 4 members (excludes halogenated alkanes) is 2. The second-order valence-electron chi connectivity index (χ2n) is 3.71. The Balaban J connectivity index is 2.42. The number of hydrogen-bond donors (Lipinski definition) is 2. The third-order valence-corrected chi connectivity index (χ3v) is 2.48. The Morgan fingerprint density at radius 1 is 1.41 bits per heavy atom. The zero-order valence-electron chi connectivity index (χ0n) is 9.72. The zero-order valence-corrected chi connectivity index (χ0v) is 10.5. The second kappa shape index (κ2) is 7.12. The normalized spacial score (nSPS) is 10.1. The van der Waals surface area contributed by atoms with Gasteiger partial charge in [-0.1, -0.05) is 31.4 Å². The molecule has 1 aromatic carbocycles. The quantitative estimate of drug-likeness (QED) is 0.775. The van der Waals surface area contributed by atoms with Crippen LogP contribution in [0.3, 0.4) is 0 Å². The van der Waals surface area contributed by atoms with Gasteiger partial charge in [-0.15, -0.1) is 0 Å². The van der Waals surface area contributed by atoms with E-state index in [-0.39, 0.29) is 5.69 Å². The predicted octanol–water partition coefficient (Wildman–Crippen LogP) is 3.79. The topological polar surface area (TPSA) is 41.1 Å². The van der Waals surface area contributed by atoms with Crippen LogP contribution in [0.5, 0.6) is 0 Å². The molecule has 0 saturated heterocycles. The molecule has 0 aliphatic rings. The summed E-state index contributed by atoms with van der Waals surface area (Å²) in [6.45, 7) is 2.67. The van der Waals surface area contributed by atoms with Gasteiger partial charge >= 0.3 is 6.03 Å². The molecule has 5 heteroatoms. The van der Waals surface area contributed by atoms with E-state index in [9.17, 15) is 9.18 Å². The van der Waals surface area contributed by atoms with Crippen molar-refractivity contribution >= 4 is 23.3 Å². The molecule has 1 aromatic rings. The fourth-order valence-electron chi connectivity index (χ4n) is 1.34. The SMILES string of the molecule is CCCCCNC(=O)Nc1cc(Cl)ccc1F. The van der Waals surface area contributed by atoms with Gasteiger partial charge in [0.2, 0.25) is 0 Å². The van der Waals surface area contributed by atoms with Gasteiger partial charge in [0.1, 0.15) is 5.82 Å². The van der Waals surface area contributed by atoms with E-state index >= 15 is 0 Å². The predicted molar refractivity (Wildman–Crippen MR) is 68.0 cm³/mol. The lowest BCUT2D eigenvalue weighted by molar-refractivity contribution is 0.252. The number of anilines is 1. The van der Waals surface area contributed by atoms with Crippen LogP contribution in [0.2, 0.25) is 5.02 Å². The highest BCUT2D eigenvalue weighted by Gasteiger charge is 2.06. The molecule has 0 bridgehead atoms. The number of nitrogens with one attached hydrogen (secondary N) is 2. The van der Waals surface area contributed by atoms with E-state index in [0.29, 0.717) is 11.6 Å². The van der Waals surface area contributed by atoms with Crippen molar-refractivity contribution in [3.63, 3.8) is 0 Å². The van der Waals surface area contributed by atoms with Gasteiger partial charge in [0, 0.05) is 11.6 Å². The maximum absolute atomic E-state index is 13.3. The summed E-state index contributed by atoms with van der Waals surface area (Å²) in [4.78, 5) is 11.4. The van der Waals surface area contributed by atoms with E-state index in [0.717, 1.165) is 19.3 Å². The number of rotatable bonds is 5. The average Bonchev–Trinajstić information content (AvgIpc) is 2.29. The molecule has 2 amide bonds. The fraction of sp³-hybridized carbons (Fsp3) is 0.417. The first-order chi connectivity index (χ1) is 8.13. The lowest BCUT2D eigenvalue weighted by atomic mass is 10.2. The molecule has 0 spiro atoms. The van der Waals surface area contributed by atoms with Crippen molar-refractivity contribution in [2.75, 3.05) is 11.9 Å².